The monoisotopic (exact) mass is 384 g/mol. The van der Waals surface area contributed by atoms with Crippen LogP contribution in [0.15, 0.2) is 35.1 Å². The fourth-order valence-corrected chi connectivity index (χ4v) is 4.03. The van der Waals surface area contributed by atoms with E-state index in [-0.39, 0.29) is 17.5 Å². The molecule has 1 aromatic carbocycles. The lowest BCUT2D eigenvalue weighted by Crippen LogP contribution is -2.45. The highest BCUT2D eigenvalue weighted by Gasteiger charge is 2.59. The van der Waals surface area contributed by atoms with E-state index in [4.69, 9.17) is 4.74 Å². The van der Waals surface area contributed by atoms with Crippen molar-refractivity contribution in [2.45, 2.75) is 38.1 Å². The SMILES string of the molecule is COC(=O)C1(C(=O)N2CCC(c3n[nH]c(=O)n3Cc3ccccc3)CC2)CC1. The smallest absolute Gasteiger partial charge is 0.343 e. The van der Waals surface area contributed by atoms with Crippen LogP contribution in [0.3, 0.4) is 0 Å². The Hall–Kier alpha value is -2.90. The number of carbonyl (C=O) groups excluding carboxylic acids is 2. The predicted molar refractivity (Wildman–Crippen MR) is 101 cm³/mol. The highest BCUT2D eigenvalue weighted by Crippen LogP contribution is 2.48. The Labute approximate surface area is 162 Å². The Balaban J connectivity index is 1.44. The fraction of sp³-hybridized carbons (Fsp3) is 0.500. The van der Waals surface area contributed by atoms with E-state index in [1.54, 1.807) is 9.47 Å². The molecule has 8 heteroatoms. The Bertz CT molecular complexity index is 921. The summed E-state index contributed by atoms with van der Waals surface area (Å²) in [6.45, 7) is 1.57. The van der Waals surface area contributed by atoms with Crippen molar-refractivity contribution in [3.8, 4) is 0 Å². The summed E-state index contributed by atoms with van der Waals surface area (Å²) in [4.78, 5) is 38.7. The molecule has 0 bridgehead atoms. The maximum Gasteiger partial charge on any atom is 0.343 e. The highest BCUT2D eigenvalue weighted by molar-refractivity contribution is 6.05. The molecule has 1 aliphatic heterocycles. The zero-order valence-corrected chi connectivity index (χ0v) is 15.9. The molecule has 2 aromatic rings. The van der Waals surface area contributed by atoms with Gasteiger partial charge in [-0.2, -0.15) is 5.10 Å². The van der Waals surface area contributed by atoms with E-state index in [2.05, 4.69) is 10.2 Å². The minimum atomic E-state index is -0.955. The number of esters is 1. The first-order valence-electron chi connectivity index (χ1n) is 9.62. The van der Waals surface area contributed by atoms with E-state index < -0.39 is 11.4 Å². The van der Waals surface area contributed by atoms with Gasteiger partial charge in [-0.15, -0.1) is 0 Å². The van der Waals surface area contributed by atoms with Crippen molar-refractivity contribution in [3.63, 3.8) is 0 Å². The normalized spacial score (nSPS) is 18.7. The first kappa shape index (κ1) is 18.5. The molecule has 0 radical (unpaired) electrons. The first-order chi connectivity index (χ1) is 13.5. The van der Waals surface area contributed by atoms with E-state index in [0.29, 0.717) is 45.3 Å². The molecule has 4 rings (SSSR count). The number of H-pyrrole nitrogens is 1. The zero-order valence-electron chi connectivity index (χ0n) is 15.9. The molecule has 28 heavy (non-hydrogen) atoms. The van der Waals surface area contributed by atoms with Crippen LogP contribution in [-0.2, 0) is 20.9 Å². The number of benzene rings is 1. The van der Waals surface area contributed by atoms with Gasteiger partial charge in [0, 0.05) is 19.0 Å². The molecule has 1 saturated heterocycles. The molecule has 2 heterocycles. The van der Waals surface area contributed by atoms with E-state index in [1.165, 1.54) is 7.11 Å². The molecular formula is C20H24N4O4. The predicted octanol–water partition coefficient (Wildman–Crippen LogP) is 1.28. The van der Waals surface area contributed by atoms with Gasteiger partial charge in [0.1, 0.15) is 11.2 Å². The van der Waals surface area contributed by atoms with Crippen molar-refractivity contribution in [1.29, 1.82) is 0 Å². The number of nitrogens with zero attached hydrogens (tertiary/aromatic N) is 3. The van der Waals surface area contributed by atoms with Crippen LogP contribution in [-0.4, -0.2) is 51.7 Å². The molecule has 1 amide bonds. The summed E-state index contributed by atoms with van der Waals surface area (Å²) in [5, 5.41) is 6.82. The molecule has 2 fully saturated rings. The summed E-state index contributed by atoms with van der Waals surface area (Å²) in [7, 11) is 1.32. The average molecular weight is 384 g/mol. The minimum absolute atomic E-state index is 0.0972. The van der Waals surface area contributed by atoms with Crippen LogP contribution in [0.25, 0.3) is 0 Å². The zero-order chi connectivity index (χ0) is 19.7. The summed E-state index contributed by atoms with van der Waals surface area (Å²) >= 11 is 0. The number of hydrogen-bond acceptors (Lipinski definition) is 5. The quantitative estimate of drug-likeness (QED) is 0.619. The average Bonchev–Trinajstić information content (AvgIpc) is 3.47. The van der Waals surface area contributed by atoms with Gasteiger partial charge in [-0.3, -0.25) is 14.2 Å². The number of carbonyl (C=O) groups is 2. The van der Waals surface area contributed by atoms with Crippen molar-refractivity contribution < 1.29 is 14.3 Å². The van der Waals surface area contributed by atoms with E-state index >= 15 is 0 Å². The molecule has 1 aliphatic carbocycles. The van der Waals surface area contributed by atoms with Crippen LogP contribution in [0.2, 0.25) is 0 Å². The Morgan fingerprint density at radius 2 is 1.89 bits per heavy atom. The van der Waals surface area contributed by atoms with Gasteiger partial charge in [0.2, 0.25) is 5.91 Å². The summed E-state index contributed by atoms with van der Waals surface area (Å²) in [5.74, 6) is 0.278. The number of methoxy groups -OCH3 is 1. The van der Waals surface area contributed by atoms with Crippen LogP contribution in [0.5, 0.6) is 0 Å². The van der Waals surface area contributed by atoms with Crippen LogP contribution in [0, 0.1) is 5.41 Å². The second kappa shape index (κ2) is 7.26. The lowest BCUT2D eigenvalue weighted by Gasteiger charge is -2.33. The summed E-state index contributed by atoms with van der Waals surface area (Å²) in [6, 6.07) is 9.79. The third kappa shape index (κ3) is 3.23. The number of aromatic nitrogens is 3. The summed E-state index contributed by atoms with van der Waals surface area (Å²) in [5.41, 5.74) is -0.142. The maximum absolute atomic E-state index is 12.8. The van der Waals surface area contributed by atoms with Crippen molar-refractivity contribution in [1.82, 2.24) is 19.7 Å². The number of ether oxygens (including phenoxy) is 1. The Morgan fingerprint density at radius 3 is 2.50 bits per heavy atom. The third-order valence-corrected chi connectivity index (χ3v) is 5.85. The van der Waals surface area contributed by atoms with E-state index in [1.807, 2.05) is 30.3 Å². The highest BCUT2D eigenvalue weighted by atomic mass is 16.5. The second-order valence-electron chi connectivity index (χ2n) is 7.60. The van der Waals surface area contributed by atoms with Crippen LogP contribution >= 0.6 is 0 Å². The largest absolute Gasteiger partial charge is 0.468 e. The van der Waals surface area contributed by atoms with Gasteiger partial charge < -0.3 is 9.64 Å². The fourth-order valence-electron chi connectivity index (χ4n) is 4.03. The van der Waals surface area contributed by atoms with Crippen LogP contribution < -0.4 is 5.69 Å². The van der Waals surface area contributed by atoms with Gasteiger partial charge in [0.15, 0.2) is 0 Å². The van der Waals surface area contributed by atoms with Crippen LogP contribution in [0.1, 0.15) is 43.0 Å². The van der Waals surface area contributed by atoms with Gasteiger partial charge in [0.25, 0.3) is 0 Å². The standard InChI is InChI=1S/C20H24N4O4/c1-28-18(26)20(9-10-20)17(25)23-11-7-15(8-12-23)16-21-22-19(27)24(16)13-14-5-3-2-4-6-14/h2-6,15H,7-13H2,1H3,(H,22,27). The molecule has 1 saturated carbocycles. The number of hydrogen-bond donors (Lipinski definition) is 1. The molecule has 148 valence electrons. The van der Waals surface area contributed by atoms with Crippen molar-refractivity contribution in [3.05, 3.63) is 52.2 Å². The molecule has 0 atom stereocenters. The first-order valence-corrected chi connectivity index (χ1v) is 9.62. The molecule has 1 aromatic heterocycles. The Kier molecular flexibility index (Phi) is 4.78. The minimum Gasteiger partial charge on any atom is -0.468 e. The van der Waals surface area contributed by atoms with Gasteiger partial charge in [0.05, 0.1) is 13.7 Å². The van der Waals surface area contributed by atoms with Crippen LogP contribution in [0.4, 0.5) is 0 Å². The van der Waals surface area contributed by atoms with Crippen molar-refractivity contribution in [2.24, 2.45) is 5.41 Å². The molecular weight excluding hydrogens is 360 g/mol. The number of rotatable bonds is 5. The molecule has 1 N–H and O–H groups in total. The lowest BCUT2D eigenvalue weighted by atomic mass is 9.94. The number of piperidine rings is 1. The maximum atomic E-state index is 12.8. The number of nitrogens with one attached hydrogen (secondary N) is 1. The van der Waals surface area contributed by atoms with Gasteiger partial charge in [-0.05, 0) is 31.2 Å². The number of likely N-dealkylation sites (tertiary alicyclic amines) is 1. The van der Waals surface area contributed by atoms with Gasteiger partial charge in [-0.1, -0.05) is 30.3 Å². The van der Waals surface area contributed by atoms with Gasteiger partial charge in [-0.25, -0.2) is 9.89 Å². The van der Waals surface area contributed by atoms with Crippen molar-refractivity contribution in [2.75, 3.05) is 20.2 Å². The molecule has 2 aliphatic rings. The third-order valence-electron chi connectivity index (χ3n) is 5.85. The topological polar surface area (TPSA) is 97.3 Å². The summed E-state index contributed by atoms with van der Waals surface area (Å²) in [6.07, 6.45) is 2.55. The lowest BCUT2D eigenvalue weighted by molar-refractivity contribution is -0.156. The number of aromatic amines is 1. The van der Waals surface area contributed by atoms with E-state index in [0.717, 1.165) is 11.4 Å². The summed E-state index contributed by atoms with van der Waals surface area (Å²) < 4.78 is 6.49. The number of amides is 1. The Morgan fingerprint density at radius 1 is 1.21 bits per heavy atom. The second-order valence-corrected chi connectivity index (χ2v) is 7.60. The van der Waals surface area contributed by atoms with E-state index in [9.17, 15) is 14.4 Å². The molecule has 8 nitrogen and oxygen atoms in total. The van der Waals surface area contributed by atoms with Gasteiger partial charge >= 0.3 is 11.7 Å². The molecule has 0 unspecified atom stereocenters. The molecule has 0 spiro atoms. The van der Waals surface area contributed by atoms with Crippen molar-refractivity contribution >= 4 is 11.9 Å².